The van der Waals surface area contributed by atoms with Crippen LogP contribution in [0.15, 0.2) is 91.0 Å². The van der Waals surface area contributed by atoms with E-state index in [1.54, 1.807) is 0 Å². The molecule has 3 aliphatic heterocycles. The van der Waals surface area contributed by atoms with E-state index in [-0.39, 0.29) is 6.61 Å². The third-order valence-electron chi connectivity index (χ3n) is 7.19. The van der Waals surface area contributed by atoms with Crippen LogP contribution in [0.25, 0.3) is 0 Å². The second-order valence-corrected chi connectivity index (χ2v) is 10.6. The SMILES string of the molecule is CC1(C)OCC(OC2O[C@@H]3COC(c4ccccc4)O[C@@H]3[C@H](OCc3ccccc3)[C@H]2OCc2ccccc2)O1. The number of hydrogen-bond acceptors (Lipinski definition) is 8. The van der Waals surface area contributed by atoms with Crippen LogP contribution in [-0.4, -0.2) is 56.0 Å². The van der Waals surface area contributed by atoms with Gasteiger partial charge < -0.3 is 37.9 Å². The summed E-state index contributed by atoms with van der Waals surface area (Å²) in [6.45, 7) is 5.04. The molecule has 3 aliphatic rings. The highest BCUT2D eigenvalue weighted by atomic mass is 16.9. The molecule has 0 N–H and O–H groups in total. The maximum Gasteiger partial charge on any atom is 0.190 e. The largest absolute Gasteiger partial charge is 0.368 e. The topological polar surface area (TPSA) is 73.8 Å². The lowest BCUT2D eigenvalue weighted by atomic mass is 9.97. The Balaban J connectivity index is 1.28. The Labute approximate surface area is 235 Å². The van der Waals surface area contributed by atoms with Crippen LogP contribution in [0.1, 0.15) is 36.8 Å². The highest BCUT2D eigenvalue weighted by Gasteiger charge is 2.53. The van der Waals surface area contributed by atoms with Gasteiger partial charge in [-0.2, -0.15) is 0 Å². The van der Waals surface area contributed by atoms with E-state index in [9.17, 15) is 0 Å². The van der Waals surface area contributed by atoms with E-state index in [4.69, 9.17) is 37.9 Å². The molecule has 0 bridgehead atoms. The molecule has 3 aromatic carbocycles. The Morgan fingerprint density at radius 3 is 1.93 bits per heavy atom. The summed E-state index contributed by atoms with van der Waals surface area (Å²) in [5, 5.41) is 0. The molecule has 0 spiro atoms. The molecule has 3 saturated heterocycles. The quantitative estimate of drug-likeness (QED) is 0.365. The van der Waals surface area contributed by atoms with Gasteiger partial charge in [0, 0.05) is 5.56 Å². The van der Waals surface area contributed by atoms with Gasteiger partial charge in [0.05, 0.1) is 19.8 Å². The van der Waals surface area contributed by atoms with E-state index < -0.39 is 49.1 Å². The van der Waals surface area contributed by atoms with Crippen molar-refractivity contribution in [3.05, 3.63) is 108 Å². The second-order valence-electron chi connectivity index (χ2n) is 10.6. The molecule has 0 amide bonds. The Hall–Kier alpha value is -2.66. The molecule has 6 rings (SSSR count). The Kier molecular flexibility index (Phi) is 8.57. The summed E-state index contributed by atoms with van der Waals surface area (Å²) in [6.07, 6.45) is -3.98. The van der Waals surface area contributed by atoms with Crippen molar-refractivity contribution in [2.24, 2.45) is 0 Å². The lowest BCUT2D eigenvalue weighted by molar-refractivity contribution is -0.387. The van der Waals surface area contributed by atoms with Crippen LogP contribution in [0.4, 0.5) is 0 Å². The summed E-state index contributed by atoms with van der Waals surface area (Å²) in [5.74, 6) is -0.745. The van der Waals surface area contributed by atoms with Crippen LogP contribution >= 0.6 is 0 Å². The Bertz CT molecular complexity index is 1190. The van der Waals surface area contributed by atoms with Crippen molar-refractivity contribution < 1.29 is 37.9 Å². The van der Waals surface area contributed by atoms with Crippen molar-refractivity contribution in [1.82, 2.24) is 0 Å². The van der Waals surface area contributed by atoms with Crippen LogP contribution < -0.4 is 0 Å². The fraction of sp³-hybridized carbons (Fsp3) is 0.438. The molecule has 7 atom stereocenters. The third kappa shape index (κ3) is 6.62. The van der Waals surface area contributed by atoms with Gasteiger partial charge in [0.15, 0.2) is 24.7 Å². The minimum atomic E-state index is -0.797. The van der Waals surface area contributed by atoms with E-state index in [0.717, 1.165) is 16.7 Å². The van der Waals surface area contributed by atoms with Crippen molar-refractivity contribution in [3.63, 3.8) is 0 Å². The molecule has 40 heavy (non-hydrogen) atoms. The summed E-state index contributed by atoms with van der Waals surface area (Å²) in [7, 11) is 0. The zero-order valence-electron chi connectivity index (χ0n) is 22.8. The average molecular weight is 549 g/mol. The molecular weight excluding hydrogens is 512 g/mol. The number of ether oxygens (including phenoxy) is 8. The zero-order valence-corrected chi connectivity index (χ0v) is 22.8. The molecule has 0 radical (unpaired) electrons. The Morgan fingerprint density at radius 1 is 0.725 bits per heavy atom. The second kappa shape index (κ2) is 12.5. The molecule has 212 valence electrons. The van der Waals surface area contributed by atoms with Gasteiger partial charge in [0.2, 0.25) is 0 Å². The zero-order chi connectivity index (χ0) is 27.4. The molecule has 0 aromatic heterocycles. The molecule has 3 fully saturated rings. The lowest BCUT2D eigenvalue weighted by Crippen LogP contribution is -2.64. The first-order chi connectivity index (χ1) is 19.5. The van der Waals surface area contributed by atoms with Gasteiger partial charge >= 0.3 is 0 Å². The molecule has 3 aromatic rings. The highest BCUT2D eigenvalue weighted by molar-refractivity contribution is 5.17. The predicted octanol–water partition coefficient (Wildman–Crippen LogP) is 5.12. The van der Waals surface area contributed by atoms with Gasteiger partial charge in [-0.1, -0.05) is 91.0 Å². The number of rotatable bonds is 9. The third-order valence-corrected chi connectivity index (χ3v) is 7.19. The predicted molar refractivity (Wildman–Crippen MR) is 145 cm³/mol. The monoisotopic (exact) mass is 548 g/mol. The standard InChI is InChI=1S/C32H36O8/c1-32(2)36-21-26(40-32)38-31-29(34-19-23-14-8-4-9-15-23)28(33-18-22-12-6-3-7-13-22)27-25(37-31)20-35-30(39-27)24-16-10-5-11-17-24/h3-17,25-31H,18-21H2,1-2H3/t25-,26?,27+,28+,29-,30?,31?/m1/s1. The van der Waals surface area contributed by atoms with E-state index in [0.29, 0.717) is 19.8 Å². The first-order valence-electron chi connectivity index (χ1n) is 13.8. The first-order valence-corrected chi connectivity index (χ1v) is 13.8. The molecule has 3 unspecified atom stereocenters. The van der Waals surface area contributed by atoms with Gasteiger partial charge in [0.25, 0.3) is 0 Å². The first kappa shape index (κ1) is 27.5. The maximum atomic E-state index is 6.62. The average Bonchev–Trinajstić information content (AvgIpc) is 3.34. The summed E-state index contributed by atoms with van der Waals surface area (Å²) in [5.41, 5.74) is 3.01. The maximum absolute atomic E-state index is 6.62. The molecule has 8 nitrogen and oxygen atoms in total. The molecule has 8 heteroatoms. The fourth-order valence-corrected chi connectivity index (χ4v) is 5.20. The molecule has 0 saturated carbocycles. The van der Waals surface area contributed by atoms with Crippen molar-refractivity contribution in [3.8, 4) is 0 Å². The van der Waals surface area contributed by atoms with Gasteiger partial charge in [0.1, 0.15) is 31.0 Å². The van der Waals surface area contributed by atoms with E-state index in [1.807, 2.05) is 105 Å². The number of benzene rings is 3. The number of hydrogen-bond donors (Lipinski definition) is 0. The summed E-state index contributed by atoms with van der Waals surface area (Å²) in [6, 6.07) is 29.9. The fourth-order valence-electron chi connectivity index (χ4n) is 5.20. The van der Waals surface area contributed by atoms with E-state index in [1.165, 1.54) is 0 Å². The normalized spacial score (nSPS) is 31.5. The lowest BCUT2D eigenvalue weighted by Gasteiger charge is -2.49. The van der Waals surface area contributed by atoms with Crippen molar-refractivity contribution >= 4 is 0 Å². The van der Waals surface area contributed by atoms with E-state index >= 15 is 0 Å². The van der Waals surface area contributed by atoms with Crippen LogP contribution in [-0.2, 0) is 51.1 Å². The van der Waals surface area contributed by atoms with Crippen molar-refractivity contribution in [2.75, 3.05) is 13.2 Å². The molecular formula is C32H36O8. The molecule has 3 heterocycles. The number of fused-ring (bicyclic) bond motifs is 1. The van der Waals surface area contributed by atoms with Crippen molar-refractivity contribution in [2.45, 2.75) is 76.1 Å². The minimum Gasteiger partial charge on any atom is -0.368 e. The summed E-state index contributed by atoms with van der Waals surface area (Å²) in [4.78, 5) is 0. The van der Waals surface area contributed by atoms with Gasteiger partial charge in [-0.05, 0) is 25.0 Å². The molecule has 0 aliphatic carbocycles. The summed E-state index contributed by atoms with van der Waals surface area (Å²) < 4.78 is 50.3. The summed E-state index contributed by atoms with van der Waals surface area (Å²) >= 11 is 0. The van der Waals surface area contributed by atoms with Crippen LogP contribution in [0, 0.1) is 0 Å². The van der Waals surface area contributed by atoms with E-state index in [2.05, 4.69) is 0 Å². The van der Waals surface area contributed by atoms with Crippen LogP contribution in [0.2, 0.25) is 0 Å². The minimum absolute atomic E-state index is 0.283. The van der Waals surface area contributed by atoms with Crippen LogP contribution in [0.3, 0.4) is 0 Å². The van der Waals surface area contributed by atoms with Gasteiger partial charge in [-0.3, -0.25) is 0 Å². The Morgan fingerprint density at radius 2 is 1.32 bits per heavy atom. The van der Waals surface area contributed by atoms with Crippen molar-refractivity contribution in [1.29, 1.82) is 0 Å². The van der Waals surface area contributed by atoms with Gasteiger partial charge in [-0.25, -0.2) is 0 Å². The van der Waals surface area contributed by atoms with Crippen LogP contribution in [0.5, 0.6) is 0 Å². The smallest absolute Gasteiger partial charge is 0.190 e. The highest BCUT2D eigenvalue weighted by Crippen LogP contribution is 2.38. The van der Waals surface area contributed by atoms with Gasteiger partial charge in [-0.15, -0.1) is 0 Å².